The summed E-state index contributed by atoms with van der Waals surface area (Å²) in [4.78, 5) is 0.0193. The summed E-state index contributed by atoms with van der Waals surface area (Å²) in [5.74, 6) is 0.263. The van der Waals surface area contributed by atoms with E-state index in [-0.39, 0.29) is 22.7 Å². The van der Waals surface area contributed by atoms with E-state index < -0.39 is 10.0 Å². The highest BCUT2D eigenvalue weighted by Gasteiger charge is 2.17. The van der Waals surface area contributed by atoms with Crippen molar-refractivity contribution in [1.82, 2.24) is 5.32 Å². The molecule has 0 saturated carbocycles. The Balaban J connectivity index is 2.10. The number of rotatable bonds is 7. The maximum Gasteiger partial charge on any atom is 0.241 e. The molecule has 0 aromatic heterocycles. The van der Waals surface area contributed by atoms with Gasteiger partial charge in [-0.1, -0.05) is 36.4 Å². The molecule has 6 heteroatoms. The fourth-order valence-electron chi connectivity index (χ4n) is 2.75. The molecule has 0 heterocycles. The van der Waals surface area contributed by atoms with Crippen molar-refractivity contribution in [1.29, 1.82) is 0 Å². The van der Waals surface area contributed by atoms with Crippen LogP contribution in [0.1, 0.15) is 31.0 Å². The molecule has 2 aromatic rings. The van der Waals surface area contributed by atoms with Crippen LogP contribution in [-0.2, 0) is 16.4 Å². The van der Waals surface area contributed by atoms with Crippen LogP contribution in [0.15, 0.2) is 53.4 Å². The van der Waals surface area contributed by atoms with Crippen LogP contribution in [0.25, 0.3) is 0 Å². The molecule has 24 heavy (non-hydrogen) atoms. The van der Waals surface area contributed by atoms with E-state index in [2.05, 4.69) is 31.3 Å². The molecule has 0 aliphatic heterocycles. The van der Waals surface area contributed by atoms with Gasteiger partial charge in [0.2, 0.25) is 10.0 Å². The number of primary sulfonamides is 1. The first-order valence-corrected chi connectivity index (χ1v) is 9.36. The van der Waals surface area contributed by atoms with Gasteiger partial charge in [-0.15, -0.1) is 0 Å². The normalized spacial score (nSPS) is 14.2. The Morgan fingerprint density at radius 3 is 2.38 bits per heavy atom. The Morgan fingerprint density at radius 2 is 1.79 bits per heavy atom. The Bertz CT molecular complexity index is 776. The monoisotopic (exact) mass is 348 g/mol. The lowest BCUT2D eigenvalue weighted by atomic mass is 10.0. The molecule has 5 nitrogen and oxygen atoms in total. The number of hydrogen-bond donors (Lipinski definition) is 2. The van der Waals surface area contributed by atoms with Crippen LogP contribution in [0.4, 0.5) is 0 Å². The van der Waals surface area contributed by atoms with Gasteiger partial charge in [0.05, 0.1) is 7.11 Å². The smallest absolute Gasteiger partial charge is 0.241 e. The van der Waals surface area contributed by atoms with Gasteiger partial charge in [0.25, 0.3) is 0 Å². The molecule has 0 aliphatic carbocycles. The van der Waals surface area contributed by atoms with Gasteiger partial charge in [-0.3, -0.25) is 0 Å². The van der Waals surface area contributed by atoms with Crippen molar-refractivity contribution in [3.05, 3.63) is 59.7 Å². The summed E-state index contributed by atoms with van der Waals surface area (Å²) >= 11 is 0. The number of sulfonamides is 1. The molecule has 0 saturated heterocycles. The zero-order valence-corrected chi connectivity index (χ0v) is 15.0. The van der Waals surface area contributed by atoms with Crippen LogP contribution >= 0.6 is 0 Å². The average molecular weight is 348 g/mol. The number of ether oxygens (including phenoxy) is 1. The summed E-state index contributed by atoms with van der Waals surface area (Å²) in [5.41, 5.74) is 2.10. The van der Waals surface area contributed by atoms with Gasteiger partial charge >= 0.3 is 0 Å². The minimum atomic E-state index is -3.82. The molecule has 2 rings (SSSR count). The van der Waals surface area contributed by atoms with Crippen molar-refractivity contribution < 1.29 is 13.2 Å². The fraction of sp³-hybridized carbons (Fsp3) is 0.333. The lowest BCUT2D eigenvalue weighted by Gasteiger charge is -2.21. The third kappa shape index (κ3) is 4.80. The van der Waals surface area contributed by atoms with Gasteiger partial charge in [0.1, 0.15) is 10.6 Å². The van der Waals surface area contributed by atoms with Crippen molar-refractivity contribution in [3.8, 4) is 5.75 Å². The van der Waals surface area contributed by atoms with Crippen molar-refractivity contribution in [2.45, 2.75) is 37.2 Å². The van der Waals surface area contributed by atoms with E-state index in [9.17, 15) is 8.42 Å². The quantitative estimate of drug-likeness (QED) is 0.806. The maximum atomic E-state index is 11.7. The van der Waals surface area contributed by atoms with Gasteiger partial charge in [0, 0.05) is 12.1 Å². The first kappa shape index (κ1) is 18.4. The van der Waals surface area contributed by atoms with Crippen LogP contribution in [0, 0.1) is 0 Å². The summed E-state index contributed by atoms with van der Waals surface area (Å²) in [6.45, 7) is 4.18. The summed E-state index contributed by atoms with van der Waals surface area (Å²) in [6.07, 6.45) is 0.684. The number of nitrogens with one attached hydrogen (secondary N) is 1. The Hall–Kier alpha value is -1.89. The molecule has 0 fully saturated rings. The van der Waals surface area contributed by atoms with Crippen molar-refractivity contribution >= 4 is 10.0 Å². The molecule has 3 N–H and O–H groups in total. The molecule has 0 bridgehead atoms. The molecule has 0 aliphatic rings. The van der Waals surface area contributed by atoms with Gasteiger partial charge in [-0.25, -0.2) is 13.6 Å². The topological polar surface area (TPSA) is 81.4 Å². The summed E-state index contributed by atoms with van der Waals surface area (Å²) < 4.78 is 28.5. The molecule has 130 valence electrons. The van der Waals surface area contributed by atoms with E-state index in [0.29, 0.717) is 6.42 Å². The van der Waals surface area contributed by atoms with Crippen molar-refractivity contribution in [2.24, 2.45) is 5.14 Å². The Kier molecular flexibility index (Phi) is 5.99. The zero-order chi connectivity index (χ0) is 17.7. The summed E-state index contributed by atoms with van der Waals surface area (Å²) in [6, 6.07) is 15.6. The second-order valence-corrected chi connectivity index (χ2v) is 7.46. The van der Waals surface area contributed by atoms with Crippen molar-refractivity contribution in [3.63, 3.8) is 0 Å². The highest BCUT2D eigenvalue weighted by Crippen LogP contribution is 2.24. The van der Waals surface area contributed by atoms with Gasteiger partial charge in [0.15, 0.2) is 0 Å². The summed E-state index contributed by atoms with van der Waals surface area (Å²) in [5, 5.41) is 8.79. The lowest BCUT2D eigenvalue weighted by molar-refractivity contribution is 0.402. The van der Waals surface area contributed by atoms with Crippen molar-refractivity contribution in [2.75, 3.05) is 7.11 Å². The first-order valence-electron chi connectivity index (χ1n) is 7.82. The third-order valence-corrected chi connectivity index (χ3v) is 4.84. The largest absolute Gasteiger partial charge is 0.495 e. The minimum Gasteiger partial charge on any atom is -0.495 e. The second kappa shape index (κ2) is 7.79. The maximum absolute atomic E-state index is 11.7. The SMILES string of the molecule is COc1ccc(CC(C)N[C@H](C)c2ccccc2)cc1S(N)(=O)=O. The number of nitrogens with two attached hydrogens (primary N) is 1. The predicted molar refractivity (Wildman–Crippen MR) is 95.5 cm³/mol. The van der Waals surface area contributed by atoms with E-state index in [0.717, 1.165) is 5.56 Å². The number of methoxy groups -OCH3 is 1. The fourth-order valence-corrected chi connectivity index (χ4v) is 3.50. The molecule has 1 unspecified atom stereocenters. The Labute approximate surface area is 143 Å². The van der Waals surface area contributed by atoms with E-state index in [1.54, 1.807) is 12.1 Å². The zero-order valence-electron chi connectivity index (χ0n) is 14.2. The van der Waals surface area contributed by atoms with Crippen LogP contribution in [0.2, 0.25) is 0 Å². The van der Waals surface area contributed by atoms with Crippen LogP contribution in [0.5, 0.6) is 5.75 Å². The number of hydrogen-bond acceptors (Lipinski definition) is 4. The van der Waals surface area contributed by atoms with Crippen LogP contribution < -0.4 is 15.2 Å². The highest BCUT2D eigenvalue weighted by molar-refractivity contribution is 7.89. The van der Waals surface area contributed by atoms with Crippen LogP contribution in [-0.4, -0.2) is 21.6 Å². The molecule has 0 spiro atoms. The second-order valence-electron chi connectivity index (χ2n) is 5.93. The summed E-state index contributed by atoms with van der Waals surface area (Å²) in [7, 11) is -2.39. The molecule has 2 aromatic carbocycles. The van der Waals surface area contributed by atoms with E-state index in [1.807, 2.05) is 24.3 Å². The molecular formula is C18H24N2O3S. The molecule has 0 amide bonds. The van der Waals surface area contributed by atoms with Crippen LogP contribution in [0.3, 0.4) is 0 Å². The highest BCUT2D eigenvalue weighted by atomic mass is 32.2. The average Bonchev–Trinajstić information content (AvgIpc) is 2.54. The predicted octanol–water partition coefficient (Wildman–Crippen LogP) is 2.62. The lowest BCUT2D eigenvalue weighted by Crippen LogP contribution is -2.30. The van der Waals surface area contributed by atoms with E-state index in [4.69, 9.17) is 9.88 Å². The standard InChI is InChI=1S/C18H24N2O3S/c1-13(20-14(2)16-7-5-4-6-8-16)11-15-9-10-17(23-3)18(12-15)24(19,21)22/h4-10,12-14,20H,11H2,1-3H3,(H2,19,21,22)/t13?,14-/m1/s1. The van der Waals surface area contributed by atoms with E-state index in [1.165, 1.54) is 12.7 Å². The van der Waals surface area contributed by atoms with Gasteiger partial charge in [-0.05, 0) is 43.5 Å². The Morgan fingerprint density at radius 1 is 1.12 bits per heavy atom. The van der Waals surface area contributed by atoms with E-state index >= 15 is 0 Å². The minimum absolute atomic E-state index is 0.0193. The van der Waals surface area contributed by atoms with Gasteiger partial charge < -0.3 is 10.1 Å². The third-order valence-electron chi connectivity index (χ3n) is 3.91. The first-order chi connectivity index (χ1) is 11.3. The van der Waals surface area contributed by atoms with Gasteiger partial charge in [-0.2, -0.15) is 0 Å². The number of benzene rings is 2. The molecule has 2 atom stereocenters. The molecular weight excluding hydrogens is 324 g/mol. The molecule has 0 radical (unpaired) electrons.